The summed E-state index contributed by atoms with van der Waals surface area (Å²) in [6, 6.07) is 15.8. The Kier molecular flexibility index (Phi) is 5.66. The molecule has 0 aliphatic heterocycles. The van der Waals surface area contributed by atoms with Gasteiger partial charge in [-0.05, 0) is 29.8 Å². The molecule has 0 aliphatic carbocycles. The molecule has 1 heterocycles. The molecule has 3 rings (SSSR count). The van der Waals surface area contributed by atoms with Crippen LogP contribution >= 0.6 is 0 Å². The predicted octanol–water partition coefficient (Wildman–Crippen LogP) is 3.95. The van der Waals surface area contributed by atoms with Gasteiger partial charge in [-0.1, -0.05) is 36.4 Å². The van der Waals surface area contributed by atoms with Crippen molar-refractivity contribution in [2.75, 3.05) is 13.7 Å². The van der Waals surface area contributed by atoms with Gasteiger partial charge in [-0.3, -0.25) is 14.9 Å². The fourth-order valence-electron chi connectivity index (χ4n) is 2.86. The molecule has 0 aliphatic rings. The van der Waals surface area contributed by atoms with Crippen LogP contribution in [0.4, 0.5) is 0 Å². The molecule has 138 valence electrons. The zero-order valence-electron chi connectivity index (χ0n) is 14.8. The second kappa shape index (κ2) is 8.31. The second-order valence-electron chi connectivity index (χ2n) is 6.18. The number of nitrogens with zero attached hydrogens (tertiary/aromatic N) is 1. The number of nitro groups is 1. The minimum Gasteiger partial charge on any atom is -0.497 e. The van der Waals surface area contributed by atoms with Gasteiger partial charge < -0.3 is 9.15 Å². The molecule has 2 aromatic carbocycles. The van der Waals surface area contributed by atoms with Crippen molar-refractivity contribution in [1.29, 1.82) is 0 Å². The normalized spacial score (nSPS) is 12.3. The van der Waals surface area contributed by atoms with Crippen molar-refractivity contribution in [3.8, 4) is 5.75 Å². The highest BCUT2D eigenvalue weighted by atomic mass is 16.6. The van der Waals surface area contributed by atoms with E-state index in [0.717, 1.165) is 11.3 Å². The number of ether oxygens (including phenoxy) is 1. The highest BCUT2D eigenvalue weighted by Crippen LogP contribution is 2.18. The van der Waals surface area contributed by atoms with E-state index in [-0.39, 0.29) is 23.3 Å². The Morgan fingerprint density at radius 3 is 2.63 bits per heavy atom. The largest absolute Gasteiger partial charge is 0.497 e. The molecule has 0 radical (unpaired) electrons. The molecule has 6 heteroatoms. The number of rotatable bonds is 7. The van der Waals surface area contributed by atoms with Gasteiger partial charge in [-0.15, -0.1) is 0 Å². The van der Waals surface area contributed by atoms with Crippen LogP contribution < -0.4 is 10.2 Å². The zero-order valence-corrected chi connectivity index (χ0v) is 14.8. The lowest BCUT2D eigenvalue weighted by Gasteiger charge is -2.08. The van der Waals surface area contributed by atoms with Crippen molar-refractivity contribution < 1.29 is 14.1 Å². The highest BCUT2D eigenvalue weighted by Gasteiger charge is 2.16. The average Bonchev–Trinajstić information content (AvgIpc) is 2.66. The maximum atomic E-state index is 12.2. The average molecular weight is 365 g/mol. The Balaban J connectivity index is 1.83. The summed E-state index contributed by atoms with van der Waals surface area (Å²) in [5, 5.41) is 11.5. The summed E-state index contributed by atoms with van der Waals surface area (Å²) in [5.41, 5.74) is 1.24. The van der Waals surface area contributed by atoms with Crippen LogP contribution in [0.3, 0.4) is 0 Å². The van der Waals surface area contributed by atoms with Crippen LogP contribution in [0.1, 0.15) is 11.3 Å². The Hall–Kier alpha value is -3.41. The summed E-state index contributed by atoms with van der Waals surface area (Å²) in [4.78, 5) is 22.9. The summed E-state index contributed by atoms with van der Waals surface area (Å²) in [5.74, 6) is 0.781. The van der Waals surface area contributed by atoms with Crippen molar-refractivity contribution in [2.45, 2.75) is 6.42 Å². The van der Waals surface area contributed by atoms with Crippen molar-refractivity contribution in [2.24, 2.45) is 5.92 Å². The lowest BCUT2D eigenvalue weighted by Crippen LogP contribution is -2.15. The van der Waals surface area contributed by atoms with Gasteiger partial charge in [-0.25, -0.2) is 0 Å². The molecule has 1 unspecified atom stereocenters. The van der Waals surface area contributed by atoms with E-state index in [2.05, 4.69) is 0 Å². The molecular weight excluding hydrogens is 346 g/mol. The summed E-state index contributed by atoms with van der Waals surface area (Å²) in [6.45, 7) is -0.247. The van der Waals surface area contributed by atoms with E-state index in [9.17, 15) is 14.9 Å². The van der Waals surface area contributed by atoms with Gasteiger partial charge in [0.1, 0.15) is 17.1 Å². The van der Waals surface area contributed by atoms with Crippen LogP contribution in [0.25, 0.3) is 17.0 Å². The first kappa shape index (κ1) is 18.4. The maximum absolute atomic E-state index is 12.2. The first-order chi connectivity index (χ1) is 13.0. The molecule has 0 spiro atoms. The molecule has 3 aromatic rings. The van der Waals surface area contributed by atoms with Gasteiger partial charge in [0.2, 0.25) is 6.54 Å². The van der Waals surface area contributed by atoms with Crippen LogP contribution in [-0.4, -0.2) is 18.6 Å². The predicted molar refractivity (Wildman–Crippen MR) is 104 cm³/mol. The molecule has 6 nitrogen and oxygen atoms in total. The molecule has 27 heavy (non-hydrogen) atoms. The van der Waals surface area contributed by atoms with Gasteiger partial charge in [0.05, 0.1) is 12.5 Å². The molecule has 1 aromatic heterocycles. The topological polar surface area (TPSA) is 82.6 Å². The fourth-order valence-corrected chi connectivity index (χ4v) is 2.86. The lowest BCUT2D eigenvalue weighted by molar-refractivity contribution is -0.485. The Labute approximate surface area is 155 Å². The maximum Gasteiger partial charge on any atom is 0.210 e. The van der Waals surface area contributed by atoms with Crippen LogP contribution in [0.5, 0.6) is 5.75 Å². The Bertz CT molecular complexity index is 1020. The summed E-state index contributed by atoms with van der Waals surface area (Å²) in [6.07, 6.45) is 3.88. The van der Waals surface area contributed by atoms with Crippen molar-refractivity contribution in [3.63, 3.8) is 0 Å². The van der Waals surface area contributed by atoms with Crippen LogP contribution in [0, 0.1) is 16.0 Å². The highest BCUT2D eigenvalue weighted by molar-refractivity contribution is 5.76. The Morgan fingerprint density at radius 2 is 1.93 bits per heavy atom. The van der Waals surface area contributed by atoms with Gasteiger partial charge in [0.25, 0.3) is 0 Å². The third-order valence-corrected chi connectivity index (χ3v) is 4.21. The zero-order chi connectivity index (χ0) is 19.2. The van der Waals surface area contributed by atoms with E-state index >= 15 is 0 Å². The molecule has 0 N–H and O–H groups in total. The van der Waals surface area contributed by atoms with E-state index in [0.29, 0.717) is 16.7 Å². The third-order valence-electron chi connectivity index (χ3n) is 4.21. The second-order valence-corrected chi connectivity index (χ2v) is 6.18. The van der Waals surface area contributed by atoms with Crippen LogP contribution in [0.15, 0.2) is 69.9 Å². The number of hydrogen-bond donors (Lipinski definition) is 0. The van der Waals surface area contributed by atoms with E-state index in [4.69, 9.17) is 9.15 Å². The lowest BCUT2D eigenvalue weighted by atomic mass is 10.0. The summed E-state index contributed by atoms with van der Waals surface area (Å²) < 4.78 is 10.9. The molecule has 0 fully saturated rings. The summed E-state index contributed by atoms with van der Waals surface area (Å²) in [7, 11) is 1.59. The number of fused-ring (bicyclic) bond motifs is 1. The van der Waals surface area contributed by atoms with E-state index in [1.807, 2.05) is 30.3 Å². The van der Waals surface area contributed by atoms with Gasteiger partial charge in [-0.2, -0.15) is 0 Å². The first-order valence-corrected chi connectivity index (χ1v) is 8.51. The third kappa shape index (κ3) is 4.82. The standard InChI is InChI=1S/C21H19NO5/c1-26-17-10-8-15(9-11-17)6-7-16(14-22(24)25)12-18-13-20(23)19-4-2-3-5-21(19)27-18/h2-11,13,16H,12,14H2,1H3/b7-6+. The van der Waals surface area contributed by atoms with Crippen LogP contribution in [0.2, 0.25) is 0 Å². The molecule has 0 saturated carbocycles. The SMILES string of the molecule is COc1ccc(/C=C/C(Cc2cc(=O)c3ccccc3o2)C[N+](=O)[O-])cc1. The minimum absolute atomic E-state index is 0.147. The van der Waals surface area contributed by atoms with Gasteiger partial charge in [0, 0.05) is 23.3 Å². The molecule has 0 bridgehead atoms. The minimum atomic E-state index is -0.397. The Morgan fingerprint density at radius 1 is 1.19 bits per heavy atom. The first-order valence-electron chi connectivity index (χ1n) is 8.51. The quantitative estimate of drug-likeness (QED) is 0.468. The number of benzene rings is 2. The van der Waals surface area contributed by atoms with E-state index in [1.54, 1.807) is 37.5 Å². The number of methoxy groups -OCH3 is 1. The smallest absolute Gasteiger partial charge is 0.210 e. The van der Waals surface area contributed by atoms with Crippen molar-refractivity contribution >= 4 is 17.0 Å². The number of para-hydroxylation sites is 1. The van der Waals surface area contributed by atoms with Crippen molar-refractivity contribution in [3.05, 3.63) is 92.3 Å². The molecular formula is C21H19NO5. The monoisotopic (exact) mass is 365 g/mol. The van der Waals surface area contributed by atoms with E-state index in [1.165, 1.54) is 6.07 Å². The van der Waals surface area contributed by atoms with Crippen LogP contribution in [-0.2, 0) is 6.42 Å². The molecule has 0 amide bonds. The van der Waals surface area contributed by atoms with E-state index < -0.39 is 5.92 Å². The number of hydrogen-bond acceptors (Lipinski definition) is 5. The van der Waals surface area contributed by atoms with Gasteiger partial charge in [0.15, 0.2) is 5.43 Å². The molecule has 0 saturated heterocycles. The molecule has 1 atom stereocenters. The van der Waals surface area contributed by atoms with Crippen molar-refractivity contribution in [1.82, 2.24) is 0 Å². The fraction of sp³-hybridized carbons (Fsp3) is 0.190. The van der Waals surface area contributed by atoms with Gasteiger partial charge >= 0.3 is 0 Å². The summed E-state index contributed by atoms with van der Waals surface area (Å²) >= 11 is 0.